The van der Waals surface area contributed by atoms with Crippen molar-refractivity contribution in [1.82, 2.24) is 0 Å². The van der Waals surface area contributed by atoms with E-state index < -0.39 is 6.23 Å². The lowest BCUT2D eigenvalue weighted by molar-refractivity contribution is 0.250. The summed E-state index contributed by atoms with van der Waals surface area (Å²) in [6.45, 7) is 13.3. The molecule has 28 heavy (non-hydrogen) atoms. The van der Waals surface area contributed by atoms with Gasteiger partial charge in [-0.3, -0.25) is 0 Å². The Kier molecular flexibility index (Phi) is 4.11. The third-order valence-electron chi connectivity index (χ3n) is 5.50. The lowest BCUT2D eigenvalue weighted by Gasteiger charge is -2.26. The van der Waals surface area contributed by atoms with Crippen LogP contribution in [0.15, 0.2) is 48.5 Å². The molecule has 3 nitrogen and oxygen atoms in total. The number of rotatable bonds is 1. The van der Waals surface area contributed by atoms with Gasteiger partial charge in [0, 0.05) is 5.56 Å². The maximum absolute atomic E-state index is 10.6. The molecule has 0 spiro atoms. The monoisotopic (exact) mass is 375 g/mol. The number of phenolic OH excluding ortho intramolecular Hbond substituents is 1. The summed E-state index contributed by atoms with van der Waals surface area (Å²) in [5, 5.41) is 16.3. The minimum Gasteiger partial charge on any atom is -0.507 e. The Bertz CT molecular complexity index is 1050. The number of phenols is 1. The van der Waals surface area contributed by atoms with E-state index in [0.717, 1.165) is 27.8 Å². The zero-order valence-electron chi connectivity index (χ0n) is 17.6. The van der Waals surface area contributed by atoms with E-state index in [0.29, 0.717) is 0 Å². The van der Waals surface area contributed by atoms with Crippen LogP contribution in [0.3, 0.4) is 0 Å². The first-order valence-electron chi connectivity index (χ1n) is 9.88. The van der Waals surface area contributed by atoms with Crippen LogP contribution in [-0.2, 0) is 10.8 Å². The van der Waals surface area contributed by atoms with E-state index in [1.54, 1.807) is 6.07 Å². The van der Waals surface area contributed by atoms with E-state index in [2.05, 4.69) is 65.1 Å². The first kappa shape index (κ1) is 18.7. The average molecular weight is 376 g/mol. The van der Waals surface area contributed by atoms with E-state index in [1.807, 2.05) is 24.3 Å². The third-order valence-corrected chi connectivity index (χ3v) is 5.50. The summed E-state index contributed by atoms with van der Waals surface area (Å²) in [6.07, 6.45) is -0.419. The molecular weight excluding hydrogens is 346 g/mol. The number of benzene rings is 3. The van der Waals surface area contributed by atoms with Crippen LogP contribution in [0.5, 0.6) is 11.5 Å². The summed E-state index contributed by atoms with van der Waals surface area (Å²) in [7, 11) is 0. The molecule has 0 saturated heterocycles. The molecule has 3 aromatic rings. The predicted octanol–water partition coefficient (Wildman–Crippen LogP) is 6.64. The molecule has 0 bridgehead atoms. The molecule has 3 aromatic carbocycles. The van der Waals surface area contributed by atoms with Gasteiger partial charge in [-0.1, -0.05) is 77.9 Å². The predicted molar refractivity (Wildman–Crippen MR) is 116 cm³/mol. The Labute approximate surface area is 167 Å². The summed E-state index contributed by atoms with van der Waals surface area (Å²) in [5.41, 5.74) is 4.22. The fourth-order valence-electron chi connectivity index (χ4n) is 3.83. The highest BCUT2D eigenvalue weighted by Gasteiger charge is 2.34. The number of aromatic hydroxyl groups is 1. The van der Waals surface area contributed by atoms with Gasteiger partial charge in [0.05, 0.1) is 11.3 Å². The average Bonchev–Trinajstić information content (AvgIpc) is 3.02. The van der Waals surface area contributed by atoms with E-state index in [-0.39, 0.29) is 16.6 Å². The Morgan fingerprint density at radius 3 is 2.29 bits per heavy atom. The van der Waals surface area contributed by atoms with Gasteiger partial charge < -0.3 is 15.2 Å². The second-order valence-electron chi connectivity index (χ2n) is 9.76. The van der Waals surface area contributed by atoms with Gasteiger partial charge in [0.2, 0.25) is 6.23 Å². The maximum Gasteiger partial charge on any atom is 0.200 e. The van der Waals surface area contributed by atoms with Gasteiger partial charge in [0.15, 0.2) is 0 Å². The number of ether oxygens (including phenoxy) is 1. The molecule has 0 fully saturated rings. The fourth-order valence-corrected chi connectivity index (χ4v) is 3.83. The molecule has 0 unspecified atom stereocenters. The molecule has 1 heterocycles. The second kappa shape index (κ2) is 6.16. The summed E-state index contributed by atoms with van der Waals surface area (Å²) in [6, 6.07) is 16.2. The van der Waals surface area contributed by atoms with Crippen LogP contribution in [0, 0.1) is 0 Å². The summed E-state index contributed by atoms with van der Waals surface area (Å²) in [5.74, 6) is 1.13. The van der Waals surface area contributed by atoms with Crippen molar-refractivity contribution >= 4 is 16.5 Å². The Balaban J connectivity index is 1.86. The van der Waals surface area contributed by atoms with Gasteiger partial charge >= 0.3 is 0 Å². The van der Waals surface area contributed by atoms with Crippen LogP contribution < -0.4 is 10.1 Å². The lowest BCUT2D eigenvalue weighted by Crippen LogP contribution is -2.17. The van der Waals surface area contributed by atoms with Crippen molar-refractivity contribution in [2.24, 2.45) is 0 Å². The summed E-state index contributed by atoms with van der Waals surface area (Å²) >= 11 is 0. The maximum atomic E-state index is 10.6. The number of anilines is 1. The molecule has 1 atom stereocenters. The molecular formula is C25H29NO2. The van der Waals surface area contributed by atoms with Gasteiger partial charge in [0.1, 0.15) is 11.5 Å². The summed E-state index contributed by atoms with van der Waals surface area (Å²) < 4.78 is 6.44. The standard InChI is InChI=1S/C25H29NO2/c1-24(2,3)16-13-18(25(4,5)6)22-19(14-16)26-23(28-22)21-17-10-8-7-9-15(17)11-12-20(21)27/h7-14,23,26-27H,1-6H3/t23-/m0/s1. The van der Waals surface area contributed by atoms with Crippen LogP contribution in [0.4, 0.5) is 5.69 Å². The van der Waals surface area contributed by atoms with Crippen molar-refractivity contribution < 1.29 is 9.84 Å². The topological polar surface area (TPSA) is 41.5 Å². The number of hydrogen-bond donors (Lipinski definition) is 2. The molecule has 146 valence electrons. The fraction of sp³-hybridized carbons (Fsp3) is 0.360. The van der Waals surface area contributed by atoms with Gasteiger partial charge in [-0.15, -0.1) is 0 Å². The van der Waals surface area contributed by atoms with E-state index >= 15 is 0 Å². The van der Waals surface area contributed by atoms with Crippen LogP contribution in [-0.4, -0.2) is 5.11 Å². The highest BCUT2D eigenvalue weighted by atomic mass is 16.5. The number of hydrogen-bond acceptors (Lipinski definition) is 3. The highest BCUT2D eigenvalue weighted by molar-refractivity contribution is 5.89. The van der Waals surface area contributed by atoms with Gasteiger partial charge in [-0.05, 0) is 39.3 Å². The number of fused-ring (bicyclic) bond motifs is 2. The van der Waals surface area contributed by atoms with Crippen LogP contribution >= 0.6 is 0 Å². The third kappa shape index (κ3) is 3.09. The van der Waals surface area contributed by atoms with E-state index in [4.69, 9.17) is 4.74 Å². The molecule has 1 aliphatic rings. The molecule has 0 aliphatic carbocycles. The first-order valence-corrected chi connectivity index (χ1v) is 9.88. The zero-order chi connectivity index (χ0) is 20.3. The minimum absolute atomic E-state index is 0.0381. The minimum atomic E-state index is -0.419. The van der Waals surface area contributed by atoms with Gasteiger partial charge in [0.25, 0.3) is 0 Å². The van der Waals surface area contributed by atoms with E-state index in [9.17, 15) is 5.11 Å². The molecule has 3 heteroatoms. The summed E-state index contributed by atoms with van der Waals surface area (Å²) in [4.78, 5) is 0. The smallest absolute Gasteiger partial charge is 0.200 e. The van der Waals surface area contributed by atoms with Crippen molar-refractivity contribution in [3.8, 4) is 11.5 Å². The molecule has 0 aromatic heterocycles. The van der Waals surface area contributed by atoms with Crippen molar-refractivity contribution in [1.29, 1.82) is 0 Å². The van der Waals surface area contributed by atoms with Crippen molar-refractivity contribution in [2.75, 3.05) is 5.32 Å². The lowest BCUT2D eigenvalue weighted by atomic mass is 9.80. The zero-order valence-corrected chi connectivity index (χ0v) is 17.6. The van der Waals surface area contributed by atoms with Crippen molar-refractivity contribution in [2.45, 2.75) is 58.6 Å². The SMILES string of the molecule is CC(C)(C)c1cc2c(c(C(C)(C)C)c1)O[C@@H](c1c(O)ccc3ccccc13)N2. The Morgan fingerprint density at radius 2 is 1.61 bits per heavy atom. The second-order valence-corrected chi connectivity index (χ2v) is 9.76. The van der Waals surface area contributed by atoms with Gasteiger partial charge in [-0.2, -0.15) is 0 Å². The highest BCUT2D eigenvalue weighted by Crippen LogP contribution is 2.49. The van der Waals surface area contributed by atoms with Gasteiger partial charge in [-0.25, -0.2) is 0 Å². The molecule has 0 radical (unpaired) electrons. The molecule has 2 N–H and O–H groups in total. The quantitative estimate of drug-likeness (QED) is 0.501. The molecule has 0 amide bonds. The van der Waals surface area contributed by atoms with Crippen molar-refractivity contribution in [3.63, 3.8) is 0 Å². The Morgan fingerprint density at radius 1 is 0.893 bits per heavy atom. The Hall–Kier alpha value is -2.68. The van der Waals surface area contributed by atoms with Crippen LogP contribution in [0.25, 0.3) is 10.8 Å². The van der Waals surface area contributed by atoms with Crippen molar-refractivity contribution in [3.05, 3.63) is 65.2 Å². The van der Waals surface area contributed by atoms with Crippen LogP contribution in [0.2, 0.25) is 0 Å². The molecule has 4 rings (SSSR count). The number of nitrogens with one attached hydrogen (secondary N) is 1. The largest absolute Gasteiger partial charge is 0.507 e. The van der Waals surface area contributed by atoms with Crippen LogP contribution in [0.1, 0.15) is 64.5 Å². The molecule has 0 saturated carbocycles. The normalized spacial score (nSPS) is 16.6. The first-order chi connectivity index (χ1) is 13.1. The van der Waals surface area contributed by atoms with E-state index in [1.165, 1.54) is 11.1 Å². The molecule has 1 aliphatic heterocycles.